The van der Waals surface area contributed by atoms with Gasteiger partial charge in [-0.25, -0.2) is 9.37 Å². The molecule has 0 aliphatic carbocycles. The van der Waals surface area contributed by atoms with Gasteiger partial charge < -0.3 is 10.2 Å². The Kier molecular flexibility index (Phi) is 5.76. The van der Waals surface area contributed by atoms with Crippen LogP contribution in [0.1, 0.15) is 28.9 Å². The Bertz CT molecular complexity index is 1110. The van der Waals surface area contributed by atoms with Crippen LogP contribution in [-0.2, 0) is 4.79 Å². The summed E-state index contributed by atoms with van der Waals surface area (Å²) < 4.78 is 14.4. The number of likely N-dealkylation sites (tertiary alicyclic amines) is 1. The van der Waals surface area contributed by atoms with Gasteiger partial charge in [0, 0.05) is 46.8 Å². The SMILES string of the molecule is Cc1cc(C(=O)N2CCC(C(=O)Nc3ccc(Br)cn3)CC2)c2ccc(F)cc2n1. The number of aryl methyl sites for hydroxylation is 1. The van der Waals surface area contributed by atoms with E-state index in [2.05, 4.69) is 31.2 Å². The normalized spacial score (nSPS) is 14.7. The number of halogens is 2. The molecule has 8 heteroatoms. The zero-order valence-corrected chi connectivity index (χ0v) is 17.9. The van der Waals surface area contributed by atoms with Crippen molar-refractivity contribution < 1.29 is 14.0 Å². The van der Waals surface area contributed by atoms with Gasteiger partial charge in [0.25, 0.3) is 5.91 Å². The van der Waals surface area contributed by atoms with Crippen LogP contribution in [0.5, 0.6) is 0 Å². The van der Waals surface area contributed by atoms with Crippen molar-refractivity contribution in [2.75, 3.05) is 18.4 Å². The highest BCUT2D eigenvalue weighted by molar-refractivity contribution is 9.10. The predicted molar refractivity (Wildman–Crippen MR) is 116 cm³/mol. The predicted octanol–water partition coefficient (Wildman–Crippen LogP) is 4.33. The standard InChI is InChI=1S/C22H20BrFN4O2/c1-13-10-18(17-4-3-16(24)11-19(17)26-13)22(30)28-8-6-14(7-9-28)21(29)27-20-5-2-15(23)12-25-20/h2-5,10-12,14H,6-9H2,1H3,(H,25,27,29). The van der Waals surface area contributed by atoms with Crippen molar-refractivity contribution in [3.63, 3.8) is 0 Å². The number of nitrogens with zero attached hydrogens (tertiary/aromatic N) is 3. The summed E-state index contributed by atoms with van der Waals surface area (Å²) in [6.45, 7) is 2.75. The first-order valence-electron chi connectivity index (χ1n) is 9.69. The van der Waals surface area contributed by atoms with E-state index in [0.717, 1.165) is 4.47 Å². The third kappa shape index (κ3) is 4.33. The fraction of sp³-hybridized carbons (Fsp3) is 0.273. The Hall–Kier alpha value is -2.87. The van der Waals surface area contributed by atoms with Crippen LogP contribution < -0.4 is 5.32 Å². The van der Waals surface area contributed by atoms with Crippen molar-refractivity contribution in [2.45, 2.75) is 19.8 Å². The molecule has 2 aromatic heterocycles. The lowest BCUT2D eigenvalue weighted by atomic mass is 9.95. The summed E-state index contributed by atoms with van der Waals surface area (Å²) in [6.07, 6.45) is 2.78. The molecule has 30 heavy (non-hydrogen) atoms. The molecule has 1 saturated heterocycles. The minimum atomic E-state index is -0.383. The molecule has 4 rings (SSSR count). The molecule has 0 radical (unpaired) electrons. The van der Waals surface area contributed by atoms with E-state index in [0.29, 0.717) is 53.9 Å². The number of carbonyl (C=O) groups is 2. The molecule has 0 bridgehead atoms. The van der Waals surface area contributed by atoms with E-state index in [4.69, 9.17) is 0 Å². The van der Waals surface area contributed by atoms with Crippen LogP contribution in [0.4, 0.5) is 10.2 Å². The Labute approximate surface area is 181 Å². The maximum absolute atomic E-state index is 13.6. The minimum Gasteiger partial charge on any atom is -0.339 e. The first-order valence-corrected chi connectivity index (χ1v) is 10.5. The largest absolute Gasteiger partial charge is 0.339 e. The van der Waals surface area contributed by atoms with Gasteiger partial charge in [0.05, 0.1) is 11.1 Å². The van der Waals surface area contributed by atoms with E-state index in [1.165, 1.54) is 12.1 Å². The van der Waals surface area contributed by atoms with E-state index >= 15 is 0 Å². The third-order valence-corrected chi connectivity index (χ3v) is 5.73. The van der Waals surface area contributed by atoms with E-state index in [9.17, 15) is 14.0 Å². The van der Waals surface area contributed by atoms with E-state index < -0.39 is 0 Å². The maximum Gasteiger partial charge on any atom is 0.254 e. The number of pyridine rings is 2. The number of fused-ring (bicyclic) bond motifs is 1. The molecule has 0 atom stereocenters. The quantitative estimate of drug-likeness (QED) is 0.617. The van der Waals surface area contributed by atoms with Gasteiger partial charge in [-0.15, -0.1) is 0 Å². The lowest BCUT2D eigenvalue weighted by Crippen LogP contribution is -2.41. The van der Waals surface area contributed by atoms with E-state index in [-0.39, 0.29) is 23.5 Å². The lowest BCUT2D eigenvalue weighted by Gasteiger charge is -2.31. The summed E-state index contributed by atoms with van der Waals surface area (Å²) in [5.41, 5.74) is 1.64. The smallest absolute Gasteiger partial charge is 0.254 e. The summed E-state index contributed by atoms with van der Waals surface area (Å²) in [7, 11) is 0. The molecule has 1 aliphatic heterocycles. The Morgan fingerprint density at radius 2 is 1.93 bits per heavy atom. The average Bonchev–Trinajstić information content (AvgIpc) is 2.74. The van der Waals surface area contributed by atoms with Crippen molar-refractivity contribution in [1.82, 2.24) is 14.9 Å². The number of nitrogens with one attached hydrogen (secondary N) is 1. The molecular formula is C22H20BrFN4O2. The average molecular weight is 471 g/mol. The number of piperidine rings is 1. The summed E-state index contributed by atoms with van der Waals surface area (Å²) in [5.74, 6) is -0.258. The molecule has 154 valence electrons. The van der Waals surface area contributed by atoms with Gasteiger partial charge in [0.15, 0.2) is 0 Å². The first kappa shape index (κ1) is 20.4. The fourth-order valence-corrected chi connectivity index (χ4v) is 3.94. The highest BCUT2D eigenvalue weighted by atomic mass is 79.9. The van der Waals surface area contributed by atoms with Gasteiger partial charge in [-0.3, -0.25) is 14.6 Å². The number of rotatable bonds is 3. The second kappa shape index (κ2) is 8.47. The second-order valence-corrected chi connectivity index (χ2v) is 8.31. The summed E-state index contributed by atoms with van der Waals surface area (Å²) in [6, 6.07) is 9.56. The van der Waals surface area contributed by atoms with Gasteiger partial charge in [-0.1, -0.05) is 0 Å². The number of aromatic nitrogens is 2. The van der Waals surface area contributed by atoms with Crippen molar-refractivity contribution in [3.05, 3.63) is 64.1 Å². The van der Waals surface area contributed by atoms with Crippen molar-refractivity contribution >= 4 is 44.5 Å². The van der Waals surface area contributed by atoms with Gasteiger partial charge in [0.1, 0.15) is 11.6 Å². The summed E-state index contributed by atoms with van der Waals surface area (Å²) in [4.78, 5) is 35.9. The Morgan fingerprint density at radius 3 is 2.63 bits per heavy atom. The van der Waals surface area contributed by atoms with Crippen molar-refractivity contribution in [3.8, 4) is 0 Å². The molecule has 3 aromatic rings. The number of anilines is 1. The number of amides is 2. The first-order chi connectivity index (χ1) is 14.4. The van der Waals surface area contributed by atoms with Crippen LogP contribution in [0.3, 0.4) is 0 Å². The molecule has 1 aliphatic rings. The zero-order chi connectivity index (χ0) is 21.3. The topological polar surface area (TPSA) is 75.2 Å². The molecule has 1 fully saturated rings. The van der Waals surface area contributed by atoms with Gasteiger partial charge in [-0.05, 0) is 66.0 Å². The lowest BCUT2D eigenvalue weighted by molar-refractivity contribution is -0.121. The number of hydrogen-bond donors (Lipinski definition) is 1. The zero-order valence-electron chi connectivity index (χ0n) is 16.4. The van der Waals surface area contributed by atoms with Crippen LogP contribution in [0.25, 0.3) is 10.9 Å². The van der Waals surface area contributed by atoms with Crippen LogP contribution >= 0.6 is 15.9 Å². The number of carbonyl (C=O) groups excluding carboxylic acids is 2. The van der Waals surface area contributed by atoms with E-state index in [1.54, 1.807) is 36.2 Å². The Morgan fingerprint density at radius 1 is 1.17 bits per heavy atom. The molecular weight excluding hydrogens is 451 g/mol. The molecule has 2 amide bonds. The van der Waals surface area contributed by atoms with Gasteiger partial charge >= 0.3 is 0 Å². The molecule has 6 nitrogen and oxygen atoms in total. The second-order valence-electron chi connectivity index (χ2n) is 7.39. The van der Waals surface area contributed by atoms with Crippen LogP contribution in [-0.4, -0.2) is 39.8 Å². The minimum absolute atomic E-state index is 0.0856. The van der Waals surface area contributed by atoms with Gasteiger partial charge in [-0.2, -0.15) is 0 Å². The van der Waals surface area contributed by atoms with Crippen LogP contribution in [0, 0.1) is 18.7 Å². The van der Waals surface area contributed by atoms with Crippen molar-refractivity contribution in [2.24, 2.45) is 5.92 Å². The molecule has 0 saturated carbocycles. The highest BCUT2D eigenvalue weighted by Gasteiger charge is 2.29. The van der Waals surface area contributed by atoms with Gasteiger partial charge in [0.2, 0.25) is 5.91 Å². The Balaban J connectivity index is 1.44. The molecule has 1 N–H and O–H groups in total. The van der Waals surface area contributed by atoms with Crippen molar-refractivity contribution in [1.29, 1.82) is 0 Å². The summed E-state index contributed by atoms with van der Waals surface area (Å²) in [5, 5.41) is 3.47. The monoisotopic (exact) mass is 470 g/mol. The molecule has 3 heterocycles. The molecule has 0 spiro atoms. The molecule has 1 aromatic carbocycles. The maximum atomic E-state index is 13.6. The fourth-order valence-electron chi connectivity index (χ4n) is 3.70. The third-order valence-electron chi connectivity index (χ3n) is 5.26. The molecule has 0 unspecified atom stereocenters. The highest BCUT2D eigenvalue weighted by Crippen LogP contribution is 2.25. The number of benzene rings is 1. The summed E-state index contributed by atoms with van der Waals surface area (Å²) >= 11 is 3.32. The number of hydrogen-bond acceptors (Lipinski definition) is 4. The van der Waals surface area contributed by atoms with Crippen LogP contribution in [0.2, 0.25) is 0 Å². The van der Waals surface area contributed by atoms with E-state index in [1.807, 2.05) is 6.07 Å². The van der Waals surface area contributed by atoms with Crippen LogP contribution in [0.15, 0.2) is 47.1 Å².